The number of carbonyl (C=O) groups is 2. The van der Waals surface area contributed by atoms with E-state index in [2.05, 4.69) is 10.3 Å². The Bertz CT molecular complexity index is 602. The third-order valence-electron chi connectivity index (χ3n) is 2.70. The first-order valence-corrected chi connectivity index (χ1v) is 5.83. The van der Waals surface area contributed by atoms with E-state index in [1.165, 1.54) is 0 Å². The topological polar surface area (TPSA) is 65.2 Å². The second-order valence-corrected chi connectivity index (χ2v) is 4.34. The lowest BCUT2D eigenvalue weighted by molar-refractivity contribution is 0.102. The molecule has 0 spiro atoms. The third-order valence-corrected chi connectivity index (χ3v) is 2.70. The van der Waals surface area contributed by atoms with Crippen LogP contribution < -0.4 is 10.2 Å². The number of carbonyl (C=O) groups excluding carboxylic acids is 2. The molecule has 0 aliphatic carbocycles. The van der Waals surface area contributed by atoms with Gasteiger partial charge in [-0.2, -0.15) is 0 Å². The minimum atomic E-state index is -0.274. The van der Waals surface area contributed by atoms with E-state index in [1.54, 1.807) is 12.1 Å². The molecule has 0 fully saturated rings. The molecule has 98 valence electrons. The maximum absolute atomic E-state index is 12.0. The molecule has 1 amide bonds. The molecule has 19 heavy (non-hydrogen) atoms. The van der Waals surface area contributed by atoms with Crippen molar-refractivity contribution in [1.82, 2.24) is 4.98 Å². The van der Waals surface area contributed by atoms with E-state index < -0.39 is 0 Å². The van der Waals surface area contributed by atoms with E-state index in [9.17, 15) is 9.59 Å². The molecule has 5 heteroatoms. The van der Waals surface area contributed by atoms with Gasteiger partial charge in [0.2, 0.25) is 0 Å². The second-order valence-electron chi connectivity index (χ2n) is 4.34. The molecule has 0 saturated carbocycles. The van der Waals surface area contributed by atoms with Crippen molar-refractivity contribution in [2.45, 2.75) is 0 Å². The summed E-state index contributed by atoms with van der Waals surface area (Å²) in [6, 6.07) is 10.7. The number of rotatable bonds is 4. The predicted octanol–water partition coefficient (Wildman–Crippen LogP) is 2.15. The van der Waals surface area contributed by atoms with Gasteiger partial charge in [0.25, 0.3) is 5.91 Å². The zero-order valence-corrected chi connectivity index (χ0v) is 10.8. The Morgan fingerprint density at radius 3 is 2.68 bits per heavy atom. The fourth-order valence-electron chi connectivity index (χ4n) is 1.67. The van der Waals surface area contributed by atoms with Gasteiger partial charge >= 0.3 is 0 Å². The molecule has 0 atom stereocenters. The lowest BCUT2D eigenvalue weighted by Gasteiger charge is -2.13. The van der Waals surface area contributed by atoms with E-state index in [1.807, 2.05) is 43.3 Å². The fraction of sp³-hybridized carbons (Fsp3) is 0.143. The van der Waals surface area contributed by atoms with Crippen molar-refractivity contribution >= 4 is 23.6 Å². The molecule has 0 unspecified atom stereocenters. The molecule has 1 aromatic heterocycles. The SMILES string of the molecule is CN(C)c1cccc(NC(=O)c2ccc(C=O)[nH]2)c1. The van der Waals surface area contributed by atoms with Crippen molar-refractivity contribution in [2.24, 2.45) is 0 Å². The number of hydrogen-bond acceptors (Lipinski definition) is 3. The van der Waals surface area contributed by atoms with Crippen LogP contribution in [0.15, 0.2) is 36.4 Å². The Labute approximate surface area is 111 Å². The van der Waals surface area contributed by atoms with E-state index in [4.69, 9.17) is 0 Å². The van der Waals surface area contributed by atoms with Crippen LogP contribution in [0, 0.1) is 0 Å². The quantitative estimate of drug-likeness (QED) is 0.825. The number of benzene rings is 1. The minimum Gasteiger partial charge on any atom is -0.378 e. The molecular formula is C14H15N3O2. The summed E-state index contributed by atoms with van der Waals surface area (Å²) in [5, 5.41) is 2.78. The van der Waals surface area contributed by atoms with Gasteiger partial charge in [0.15, 0.2) is 6.29 Å². The average Bonchev–Trinajstić information content (AvgIpc) is 2.88. The molecule has 5 nitrogen and oxygen atoms in total. The van der Waals surface area contributed by atoms with Gasteiger partial charge in [-0.25, -0.2) is 0 Å². The summed E-state index contributed by atoms with van der Waals surface area (Å²) in [5.41, 5.74) is 2.45. The van der Waals surface area contributed by atoms with Crippen LogP contribution in [0.5, 0.6) is 0 Å². The summed E-state index contributed by atoms with van der Waals surface area (Å²) < 4.78 is 0. The molecule has 0 bridgehead atoms. The van der Waals surface area contributed by atoms with Crippen molar-refractivity contribution in [3.63, 3.8) is 0 Å². The maximum atomic E-state index is 12.0. The van der Waals surface area contributed by atoms with Gasteiger partial charge < -0.3 is 15.2 Å². The highest BCUT2D eigenvalue weighted by molar-refractivity contribution is 6.03. The number of aromatic nitrogens is 1. The van der Waals surface area contributed by atoms with Gasteiger partial charge in [0.05, 0.1) is 5.69 Å². The highest BCUT2D eigenvalue weighted by Gasteiger charge is 2.08. The molecule has 0 aliphatic rings. The first-order valence-electron chi connectivity index (χ1n) is 5.83. The molecular weight excluding hydrogens is 242 g/mol. The summed E-state index contributed by atoms with van der Waals surface area (Å²) in [6.45, 7) is 0. The molecule has 2 N–H and O–H groups in total. The summed E-state index contributed by atoms with van der Waals surface area (Å²) in [7, 11) is 3.87. The maximum Gasteiger partial charge on any atom is 0.272 e. The summed E-state index contributed by atoms with van der Waals surface area (Å²) in [4.78, 5) is 27.2. The average molecular weight is 257 g/mol. The zero-order valence-electron chi connectivity index (χ0n) is 10.8. The fourth-order valence-corrected chi connectivity index (χ4v) is 1.67. The van der Waals surface area contributed by atoms with Gasteiger partial charge in [0.1, 0.15) is 5.69 Å². The largest absolute Gasteiger partial charge is 0.378 e. The van der Waals surface area contributed by atoms with E-state index in [-0.39, 0.29) is 5.91 Å². The smallest absolute Gasteiger partial charge is 0.272 e. The summed E-state index contributed by atoms with van der Waals surface area (Å²) in [6.07, 6.45) is 0.670. The number of aldehydes is 1. The van der Waals surface area contributed by atoms with Crippen LogP contribution in [0.25, 0.3) is 0 Å². The number of H-pyrrole nitrogens is 1. The van der Waals surface area contributed by atoms with Crippen molar-refractivity contribution < 1.29 is 9.59 Å². The first-order chi connectivity index (χ1) is 9.10. The van der Waals surface area contributed by atoms with E-state index in [0.29, 0.717) is 23.4 Å². The number of aromatic amines is 1. The van der Waals surface area contributed by atoms with E-state index >= 15 is 0 Å². The molecule has 1 aromatic carbocycles. The molecule has 2 aromatic rings. The Balaban J connectivity index is 2.14. The highest BCUT2D eigenvalue weighted by Crippen LogP contribution is 2.17. The number of hydrogen-bond donors (Lipinski definition) is 2. The third kappa shape index (κ3) is 3.01. The van der Waals surface area contributed by atoms with Gasteiger partial charge in [-0.15, -0.1) is 0 Å². The van der Waals surface area contributed by atoms with Crippen molar-refractivity contribution in [3.05, 3.63) is 47.8 Å². The van der Waals surface area contributed by atoms with Crippen LogP contribution in [0.2, 0.25) is 0 Å². The lowest BCUT2D eigenvalue weighted by Crippen LogP contribution is -2.13. The van der Waals surface area contributed by atoms with Crippen LogP contribution in [0.1, 0.15) is 21.0 Å². The Hall–Kier alpha value is -2.56. The highest BCUT2D eigenvalue weighted by atomic mass is 16.2. The van der Waals surface area contributed by atoms with Gasteiger partial charge in [-0.3, -0.25) is 9.59 Å². The predicted molar refractivity (Wildman–Crippen MR) is 74.9 cm³/mol. The van der Waals surface area contributed by atoms with Crippen LogP contribution >= 0.6 is 0 Å². The van der Waals surface area contributed by atoms with Crippen LogP contribution in [-0.4, -0.2) is 31.3 Å². The molecule has 0 aliphatic heterocycles. The lowest BCUT2D eigenvalue weighted by atomic mass is 10.2. The number of nitrogens with zero attached hydrogens (tertiary/aromatic N) is 1. The van der Waals surface area contributed by atoms with Crippen LogP contribution in [0.4, 0.5) is 11.4 Å². The molecule has 0 radical (unpaired) electrons. The number of anilines is 2. The normalized spacial score (nSPS) is 10.0. The zero-order chi connectivity index (χ0) is 13.8. The second kappa shape index (κ2) is 5.39. The van der Waals surface area contributed by atoms with Crippen LogP contribution in [0.3, 0.4) is 0 Å². The van der Waals surface area contributed by atoms with Gasteiger partial charge in [-0.05, 0) is 30.3 Å². The summed E-state index contributed by atoms with van der Waals surface area (Å²) >= 11 is 0. The van der Waals surface area contributed by atoms with Crippen molar-refractivity contribution in [3.8, 4) is 0 Å². The molecule has 2 rings (SSSR count). The van der Waals surface area contributed by atoms with Crippen molar-refractivity contribution in [1.29, 1.82) is 0 Å². The Kier molecular flexibility index (Phi) is 3.66. The Morgan fingerprint density at radius 2 is 2.05 bits per heavy atom. The molecule has 1 heterocycles. The van der Waals surface area contributed by atoms with Gasteiger partial charge in [-0.1, -0.05) is 6.07 Å². The minimum absolute atomic E-state index is 0.274. The van der Waals surface area contributed by atoms with Crippen LogP contribution in [-0.2, 0) is 0 Å². The standard InChI is InChI=1S/C14H15N3O2/c1-17(2)12-5-3-4-10(8-12)16-14(19)13-7-6-11(9-18)15-13/h3-9,15H,1-2H3,(H,16,19). The van der Waals surface area contributed by atoms with Gasteiger partial charge in [0, 0.05) is 25.5 Å². The Morgan fingerprint density at radius 1 is 1.26 bits per heavy atom. The van der Waals surface area contributed by atoms with Crippen molar-refractivity contribution in [2.75, 3.05) is 24.3 Å². The monoisotopic (exact) mass is 257 g/mol. The number of nitrogens with one attached hydrogen (secondary N) is 2. The number of amides is 1. The van der Waals surface area contributed by atoms with E-state index in [0.717, 1.165) is 5.69 Å². The first kappa shape index (κ1) is 12.9. The molecule has 0 saturated heterocycles. The summed E-state index contributed by atoms with van der Waals surface area (Å²) in [5.74, 6) is -0.274.